The predicted molar refractivity (Wildman–Crippen MR) is 89.8 cm³/mol. The number of nitrogens with zero attached hydrogens (tertiary/aromatic N) is 1. The molecule has 1 aromatic carbocycles. The highest BCUT2D eigenvalue weighted by Gasteiger charge is 2.07. The summed E-state index contributed by atoms with van der Waals surface area (Å²) in [5, 5.41) is 6.11. The van der Waals surface area contributed by atoms with Crippen LogP contribution in [0.5, 0.6) is 0 Å². The van der Waals surface area contributed by atoms with Gasteiger partial charge in [0.05, 0.1) is 11.4 Å². The zero-order chi connectivity index (χ0) is 15.7. The molecule has 118 valence electrons. The van der Waals surface area contributed by atoms with Gasteiger partial charge in [-0.05, 0) is 51.2 Å². The van der Waals surface area contributed by atoms with Gasteiger partial charge in [0.25, 0.3) is 5.91 Å². The summed E-state index contributed by atoms with van der Waals surface area (Å²) < 4.78 is 0. The molecule has 0 aliphatic rings. The molecule has 0 unspecified atom stereocenters. The highest BCUT2D eigenvalue weighted by Crippen LogP contribution is 2.20. The van der Waals surface area contributed by atoms with Crippen molar-refractivity contribution in [3.05, 3.63) is 23.8 Å². The highest BCUT2D eigenvalue weighted by molar-refractivity contribution is 5.96. The van der Waals surface area contributed by atoms with E-state index in [-0.39, 0.29) is 5.91 Å². The number of anilines is 2. The molecule has 1 rings (SSSR count). The molecule has 0 saturated carbocycles. The molecule has 0 fully saturated rings. The van der Waals surface area contributed by atoms with Crippen LogP contribution >= 0.6 is 0 Å². The molecule has 0 atom stereocenters. The van der Waals surface area contributed by atoms with Gasteiger partial charge in [-0.3, -0.25) is 4.79 Å². The number of rotatable bonds is 9. The Bertz CT molecular complexity index is 444. The van der Waals surface area contributed by atoms with Crippen LogP contribution < -0.4 is 16.4 Å². The Labute approximate surface area is 127 Å². The number of hydrogen-bond donors (Lipinski definition) is 3. The van der Waals surface area contributed by atoms with Crippen LogP contribution in [0.4, 0.5) is 11.4 Å². The molecule has 0 bridgehead atoms. The number of nitrogens with two attached hydrogens (primary N) is 1. The van der Waals surface area contributed by atoms with Crippen molar-refractivity contribution in [3.63, 3.8) is 0 Å². The number of amides is 1. The summed E-state index contributed by atoms with van der Waals surface area (Å²) in [6.45, 7) is 10.9. The Hall–Kier alpha value is -1.75. The van der Waals surface area contributed by atoms with Crippen LogP contribution in [-0.4, -0.2) is 43.5 Å². The number of carbonyl (C=O) groups excluding carboxylic acids is 1. The summed E-state index contributed by atoms with van der Waals surface area (Å²) in [7, 11) is 0. The van der Waals surface area contributed by atoms with E-state index in [2.05, 4.69) is 29.4 Å². The Kier molecular flexibility index (Phi) is 7.61. The molecule has 0 radical (unpaired) electrons. The van der Waals surface area contributed by atoms with Gasteiger partial charge in [0, 0.05) is 18.7 Å². The average Bonchev–Trinajstić information content (AvgIpc) is 2.49. The molecule has 0 aliphatic heterocycles. The molecule has 5 nitrogen and oxygen atoms in total. The zero-order valence-corrected chi connectivity index (χ0v) is 13.4. The highest BCUT2D eigenvalue weighted by atomic mass is 16.1. The summed E-state index contributed by atoms with van der Waals surface area (Å²) in [5.41, 5.74) is 8.09. The van der Waals surface area contributed by atoms with Crippen LogP contribution in [-0.2, 0) is 0 Å². The molecule has 0 spiro atoms. The first-order valence-corrected chi connectivity index (χ1v) is 7.76. The van der Waals surface area contributed by atoms with Crippen molar-refractivity contribution in [1.82, 2.24) is 10.2 Å². The Morgan fingerprint density at radius 1 is 1.24 bits per heavy atom. The minimum atomic E-state index is -0.0660. The van der Waals surface area contributed by atoms with E-state index in [9.17, 15) is 4.79 Å². The van der Waals surface area contributed by atoms with Gasteiger partial charge >= 0.3 is 0 Å². The second-order valence-electron chi connectivity index (χ2n) is 4.97. The van der Waals surface area contributed by atoms with E-state index in [1.807, 2.05) is 13.0 Å². The lowest BCUT2D eigenvalue weighted by atomic mass is 10.1. The normalized spacial score (nSPS) is 10.7. The SMILES string of the molecule is CCNC(=O)c1ccc(N)c(NCCCN(CC)CC)c1. The summed E-state index contributed by atoms with van der Waals surface area (Å²) in [4.78, 5) is 14.2. The molecule has 5 heteroatoms. The molecule has 0 aliphatic carbocycles. The number of carbonyl (C=O) groups is 1. The van der Waals surface area contributed by atoms with Gasteiger partial charge in [0.1, 0.15) is 0 Å². The van der Waals surface area contributed by atoms with E-state index in [1.54, 1.807) is 12.1 Å². The second-order valence-corrected chi connectivity index (χ2v) is 4.97. The lowest BCUT2D eigenvalue weighted by molar-refractivity contribution is 0.0956. The van der Waals surface area contributed by atoms with Crippen molar-refractivity contribution in [2.75, 3.05) is 43.8 Å². The van der Waals surface area contributed by atoms with Crippen molar-refractivity contribution < 1.29 is 4.79 Å². The Morgan fingerprint density at radius 2 is 1.95 bits per heavy atom. The monoisotopic (exact) mass is 292 g/mol. The van der Waals surface area contributed by atoms with E-state index in [0.717, 1.165) is 38.3 Å². The summed E-state index contributed by atoms with van der Waals surface area (Å²) in [5.74, 6) is -0.0660. The van der Waals surface area contributed by atoms with Crippen LogP contribution in [0.2, 0.25) is 0 Å². The minimum Gasteiger partial charge on any atom is -0.397 e. The van der Waals surface area contributed by atoms with Crippen molar-refractivity contribution in [3.8, 4) is 0 Å². The standard InChI is InChI=1S/C16H28N4O/c1-4-18-16(21)13-8-9-14(17)15(12-13)19-10-7-11-20(5-2)6-3/h8-9,12,19H,4-7,10-11,17H2,1-3H3,(H,18,21). The maximum Gasteiger partial charge on any atom is 0.251 e. The molecule has 21 heavy (non-hydrogen) atoms. The maximum absolute atomic E-state index is 11.8. The van der Waals surface area contributed by atoms with Crippen molar-refractivity contribution in [2.45, 2.75) is 27.2 Å². The van der Waals surface area contributed by atoms with Crippen molar-refractivity contribution >= 4 is 17.3 Å². The first-order chi connectivity index (χ1) is 10.1. The fraction of sp³-hybridized carbons (Fsp3) is 0.562. The Balaban J connectivity index is 2.54. The lowest BCUT2D eigenvalue weighted by Crippen LogP contribution is -2.25. The third-order valence-corrected chi connectivity index (χ3v) is 3.51. The second kappa shape index (κ2) is 9.23. The summed E-state index contributed by atoms with van der Waals surface area (Å²) in [6.07, 6.45) is 1.05. The van der Waals surface area contributed by atoms with Crippen molar-refractivity contribution in [1.29, 1.82) is 0 Å². The maximum atomic E-state index is 11.8. The van der Waals surface area contributed by atoms with E-state index >= 15 is 0 Å². The number of hydrogen-bond acceptors (Lipinski definition) is 4. The topological polar surface area (TPSA) is 70.4 Å². The largest absolute Gasteiger partial charge is 0.397 e. The molecular weight excluding hydrogens is 264 g/mol. The van der Waals surface area contributed by atoms with Gasteiger partial charge in [-0.1, -0.05) is 13.8 Å². The van der Waals surface area contributed by atoms with Crippen LogP contribution in [0.15, 0.2) is 18.2 Å². The predicted octanol–water partition coefficient (Wildman–Crippen LogP) is 2.16. The van der Waals surface area contributed by atoms with Gasteiger partial charge in [0.2, 0.25) is 0 Å². The smallest absolute Gasteiger partial charge is 0.251 e. The van der Waals surface area contributed by atoms with Gasteiger partial charge < -0.3 is 21.3 Å². The molecule has 4 N–H and O–H groups in total. The first-order valence-electron chi connectivity index (χ1n) is 7.76. The van der Waals surface area contributed by atoms with E-state index < -0.39 is 0 Å². The summed E-state index contributed by atoms with van der Waals surface area (Å²) >= 11 is 0. The van der Waals surface area contributed by atoms with E-state index in [0.29, 0.717) is 17.8 Å². The van der Waals surface area contributed by atoms with E-state index in [4.69, 9.17) is 5.73 Å². The minimum absolute atomic E-state index is 0.0660. The molecule has 1 amide bonds. The molecule has 0 heterocycles. The lowest BCUT2D eigenvalue weighted by Gasteiger charge is -2.18. The Morgan fingerprint density at radius 3 is 2.57 bits per heavy atom. The number of benzene rings is 1. The molecule has 0 saturated heterocycles. The van der Waals surface area contributed by atoms with Crippen molar-refractivity contribution in [2.24, 2.45) is 0 Å². The quantitative estimate of drug-likeness (QED) is 0.482. The van der Waals surface area contributed by atoms with Crippen LogP contribution in [0, 0.1) is 0 Å². The van der Waals surface area contributed by atoms with Crippen LogP contribution in [0.25, 0.3) is 0 Å². The summed E-state index contributed by atoms with van der Waals surface area (Å²) in [6, 6.07) is 5.34. The fourth-order valence-electron chi connectivity index (χ4n) is 2.18. The molecule has 1 aromatic rings. The average molecular weight is 292 g/mol. The van der Waals surface area contributed by atoms with Crippen LogP contribution in [0.3, 0.4) is 0 Å². The van der Waals surface area contributed by atoms with E-state index in [1.165, 1.54) is 0 Å². The third kappa shape index (κ3) is 5.63. The van der Waals surface area contributed by atoms with Gasteiger partial charge in [0.15, 0.2) is 0 Å². The third-order valence-electron chi connectivity index (χ3n) is 3.51. The number of nitrogens with one attached hydrogen (secondary N) is 2. The molecule has 0 aromatic heterocycles. The van der Waals surface area contributed by atoms with Gasteiger partial charge in [-0.25, -0.2) is 0 Å². The van der Waals surface area contributed by atoms with Crippen LogP contribution in [0.1, 0.15) is 37.6 Å². The van der Waals surface area contributed by atoms with Gasteiger partial charge in [-0.2, -0.15) is 0 Å². The first kappa shape index (κ1) is 17.3. The van der Waals surface area contributed by atoms with Gasteiger partial charge in [-0.15, -0.1) is 0 Å². The fourth-order valence-corrected chi connectivity index (χ4v) is 2.18. The molecular formula is C16H28N4O. The number of nitrogen functional groups attached to an aromatic ring is 1. The zero-order valence-electron chi connectivity index (χ0n) is 13.4.